The van der Waals surface area contributed by atoms with Gasteiger partial charge in [-0.3, -0.25) is 4.79 Å². The molecule has 0 aliphatic heterocycles. The van der Waals surface area contributed by atoms with Gasteiger partial charge in [0.25, 0.3) is 0 Å². The second-order valence-electron chi connectivity index (χ2n) is 3.95. The Hall–Kier alpha value is -1.65. The lowest BCUT2D eigenvalue weighted by molar-refractivity contribution is -0.120. The van der Waals surface area contributed by atoms with Gasteiger partial charge in [-0.05, 0) is 17.7 Å². The second kappa shape index (κ2) is 6.50. The Bertz CT molecular complexity index is 575. The zero-order valence-corrected chi connectivity index (χ0v) is 11.4. The Morgan fingerprint density at radius 2 is 1.84 bits per heavy atom. The highest BCUT2D eigenvalue weighted by Crippen LogP contribution is 2.22. The van der Waals surface area contributed by atoms with E-state index in [-0.39, 0.29) is 12.3 Å². The fourth-order valence-corrected chi connectivity index (χ4v) is 1.84. The molecule has 1 N–H and O–H groups in total. The van der Waals surface area contributed by atoms with Crippen LogP contribution in [0.2, 0.25) is 10.0 Å². The molecule has 0 bridgehead atoms. The number of amides is 1. The van der Waals surface area contributed by atoms with Crippen molar-refractivity contribution in [2.75, 3.05) is 0 Å². The first-order valence-electron chi connectivity index (χ1n) is 5.59. The molecule has 0 saturated heterocycles. The number of carbonyl (C=O) groups is 1. The van der Waals surface area contributed by atoms with E-state index in [1.807, 2.05) is 0 Å². The molecule has 0 spiro atoms. The number of halogens is 2. The summed E-state index contributed by atoms with van der Waals surface area (Å²) >= 11 is 11.7. The van der Waals surface area contributed by atoms with Crippen LogP contribution in [0.3, 0.4) is 0 Å². The van der Waals surface area contributed by atoms with Crippen LogP contribution in [-0.2, 0) is 17.8 Å². The van der Waals surface area contributed by atoms with Crippen LogP contribution in [0.4, 0.5) is 0 Å². The van der Waals surface area contributed by atoms with Crippen molar-refractivity contribution in [3.8, 4) is 0 Å². The maximum atomic E-state index is 11.8. The third kappa shape index (κ3) is 4.19. The van der Waals surface area contributed by atoms with Crippen molar-refractivity contribution < 1.29 is 4.79 Å². The summed E-state index contributed by atoms with van der Waals surface area (Å²) in [4.78, 5) is 19.5. The average molecular weight is 296 g/mol. The molecule has 0 fully saturated rings. The van der Waals surface area contributed by atoms with Gasteiger partial charge >= 0.3 is 0 Å². The Morgan fingerprint density at radius 1 is 1.11 bits per heavy atom. The Labute approximate surface area is 120 Å². The maximum absolute atomic E-state index is 11.8. The van der Waals surface area contributed by atoms with E-state index in [1.54, 1.807) is 30.6 Å². The highest BCUT2D eigenvalue weighted by atomic mass is 35.5. The van der Waals surface area contributed by atoms with Gasteiger partial charge in [-0.2, -0.15) is 0 Å². The van der Waals surface area contributed by atoms with Crippen LogP contribution in [0.5, 0.6) is 0 Å². The summed E-state index contributed by atoms with van der Waals surface area (Å²) in [6.45, 7) is 0.404. The number of hydrogen-bond acceptors (Lipinski definition) is 3. The lowest BCUT2D eigenvalue weighted by Gasteiger charge is -2.05. The molecule has 1 aromatic carbocycles. The molecule has 2 rings (SSSR count). The molecule has 1 heterocycles. The Balaban J connectivity index is 1.89. The van der Waals surface area contributed by atoms with Crippen molar-refractivity contribution in [3.63, 3.8) is 0 Å². The number of nitrogens with zero attached hydrogens (tertiary/aromatic N) is 2. The largest absolute Gasteiger partial charge is 0.352 e. The van der Waals surface area contributed by atoms with Gasteiger partial charge in [-0.25, -0.2) is 9.97 Å². The van der Waals surface area contributed by atoms with Gasteiger partial charge in [-0.15, -0.1) is 0 Å². The van der Waals surface area contributed by atoms with Crippen LogP contribution in [-0.4, -0.2) is 15.9 Å². The van der Waals surface area contributed by atoms with Gasteiger partial charge in [0, 0.05) is 24.5 Å². The van der Waals surface area contributed by atoms with E-state index in [9.17, 15) is 4.79 Å². The molecule has 6 heteroatoms. The summed E-state index contributed by atoms with van der Waals surface area (Å²) < 4.78 is 0. The van der Waals surface area contributed by atoms with Crippen molar-refractivity contribution >= 4 is 29.1 Å². The van der Waals surface area contributed by atoms with E-state index >= 15 is 0 Å². The molecule has 4 nitrogen and oxygen atoms in total. The van der Waals surface area contributed by atoms with E-state index < -0.39 is 0 Å². The highest BCUT2D eigenvalue weighted by Gasteiger charge is 2.05. The third-order valence-electron chi connectivity index (χ3n) is 2.45. The van der Waals surface area contributed by atoms with E-state index in [4.69, 9.17) is 23.2 Å². The minimum Gasteiger partial charge on any atom is -0.352 e. The van der Waals surface area contributed by atoms with E-state index in [1.165, 1.54) is 6.33 Å². The highest BCUT2D eigenvalue weighted by molar-refractivity contribution is 6.42. The van der Waals surface area contributed by atoms with Crippen molar-refractivity contribution in [1.29, 1.82) is 0 Å². The Kier molecular flexibility index (Phi) is 4.71. The van der Waals surface area contributed by atoms with Crippen LogP contribution < -0.4 is 5.32 Å². The summed E-state index contributed by atoms with van der Waals surface area (Å²) in [7, 11) is 0. The normalized spacial score (nSPS) is 10.2. The summed E-state index contributed by atoms with van der Waals surface area (Å²) in [5.41, 5.74) is 1.67. The van der Waals surface area contributed by atoms with E-state index in [0.29, 0.717) is 16.6 Å². The topological polar surface area (TPSA) is 54.9 Å². The molecular formula is C13H11Cl2N3O. The first kappa shape index (κ1) is 13.8. The smallest absolute Gasteiger partial charge is 0.224 e. The average Bonchev–Trinajstić information content (AvgIpc) is 2.42. The van der Waals surface area contributed by atoms with Crippen LogP contribution in [0.15, 0.2) is 36.9 Å². The molecule has 0 aliphatic carbocycles. The fraction of sp³-hybridized carbons (Fsp3) is 0.154. The van der Waals surface area contributed by atoms with Gasteiger partial charge < -0.3 is 5.32 Å². The monoisotopic (exact) mass is 295 g/mol. The molecule has 0 aliphatic rings. The minimum atomic E-state index is -0.0951. The molecule has 19 heavy (non-hydrogen) atoms. The third-order valence-corrected chi connectivity index (χ3v) is 3.19. The Morgan fingerprint density at radius 3 is 2.53 bits per heavy atom. The summed E-state index contributed by atoms with van der Waals surface area (Å²) in [6.07, 6.45) is 5.02. The molecule has 98 valence electrons. The zero-order chi connectivity index (χ0) is 13.7. The maximum Gasteiger partial charge on any atom is 0.224 e. The zero-order valence-electron chi connectivity index (χ0n) is 9.94. The second-order valence-corrected chi connectivity index (χ2v) is 4.76. The number of hydrogen-bond donors (Lipinski definition) is 1. The van der Waals surface area contributed by atoms with Crippen LogP contribution in [0.1, 0.15) is 11.1 Å². The van der Waals surface area contributed by atoms with Gasteiger partial charge in [0.05, 0.1) is 16.5 Å². The first-order valence-corrected chi connectivity index (χ1v) is 6.35. The number of benzene rings is 1. The number of rotatable bonds is 4. The molecule has 0 unspecified atom stereocenters. The van der Waals surface area contributed by atoms with Crippen molar-refractivity contribution in [3.05, 3.63) is 58.1 Å². The van der Waals surface area contributed by atoms with Crippen LogP contribution >= 0.6 is 23.2 Å². The quantitative estimate of drug-likeness (QED) is 0.943. The van der Waals surface area contributed by atoms with E-state index in [0.717, 1.165) is 11.1 Å². The summed E-state index contributed by atoms with van der Waals surface area (Å²) in [6, 6.07) is 5.14. The predicted octanol–water partition coefficient (Wildman–Crippen LogP) is 2.64. The molecule has 0 saturated carbocycles. The molecule has 1 aromatic heterocycles. The molecule has 1 amide bonds. The summed E-state index contributed by atoms with van der Waals surface area (Å²) in [5, 5.41) is 3.71. The minimum absolute atomic E-state index is 0.0951. The lowest BCUT2D eigenvalue weighted by atomic mass is 10.1. The SMILES string of the molecule is O=C(Cc1ccc(Cl)c(Cl)c1)NCc1cncnc1. The van der Waals surface area contributed by atoms with Crippen molar-refractivity contribution in [1.82, 2.24) is 15.3 Å². The lowest BCUT2D eigenvalue weighted by Crippen LogP contribution is -2.24. The van der Waals surface area contributed by atoms with Crippen molar-refractivity contribution in [2.45, 2.75) is 13.0 Å². The van der Waals surface area contributed by atoms with Crippen LogP contribution in [0.25, 0.3) is 0 Å². The number of nitrogens with one attached hydrogen (secondary N) is 1. The number of carbonyl (C=O) groups excluding carboxylic acids is 1. The standard InChI is InChI=1S/C13H11Cl2N3O/c14-11-2-1-9(3-12(11)15)4-13(19)18-7-10-5-16-8-17-6-10/h1-3,5-6,8H,4,7H2,(H,18,19). The van der Waals surface area contributed by atoms with Gasteiger partial charge in [0.1, 0.15) is 6.33 Å². The van der Waals surface area contributed by atoms with E-state index in [2.05, 4.69) is 15.3 Å². The van der Waals surface area contributed by atoms with Crippen LogP contribution in [0, 0.1) is 0 Å². The van der Waals surface area contributed by atoms with Gasteiger partial charge in [-0.1, -0.05) is 29.3 Å². The summed E-state index contributed by atoms with van der Waals surface area (Å²) in [5.74, 6) is -0.0951. The van der Waals surface area contributed by atoms with Gasteiger partial charge in [0.2, 0.25) is 5.91 Å². The first-order chi connectivity index (χ1) is 9.15. The van der Waals surface area contributed by atoms with Crippen molar-refractivity contribution in [2.24, 2.45) is 0 Å². The van der Waals surface area contributed by atoms with Gasteiger partial charge in [0.15, 0.2) is 0 Å². The number of aromatic nitrogens is 2. The predicted molar refractivity (Wildman–Crippen MR) is 74.0 cm³/mol. The molecule has 0 atom stereocenters. The molecular weight excluding hydrogens is 285 g/mol. The molecule has 2 aromatic rings. The fourth-order valence-electron chi connectivity index (χ4n) is 1.52. The molecule has 0 radical (unpaired) electrons.